The van der Waals surface area contributed by atoms with Crippen LogP contribution in [0.2, 0.25) is 0 Å². The van der Waals surface area contributed by atoms with Gasteiger partial charge in [-0.15, -0.1) is 0 Å². The van der Waals surface area contributed by atoms with E-state index in [1.54, 1.807) is 0 Å². The van der Waals surface area contributed by atoms with Gasteiger partial charge < -0.3 is 10.2 Å². The highest BCUT2D eigenvalue weighted by Crippen LogP contribution is 2.11. The fourth-order valence-corrected chi connectivity index (χ4v) is 2.29. The zero-order valence-corrected chi connectivity index (χ0v) is 12.2. The van der Waals surface area contributed by atoms with Crippen LogP contribution >= 0.6 is 0 Å². The number of hydrogen-bond donors (Lipinski definition) is 1. The summed E-state index contributed by atoms with van der Waals surface area (Å²) in [5.74, 6) is 0.273. The summed E-state index contributed by atoms with van der Waals surface area (Å²) in [6.45, 7) is 6.12. The summed E-state index contributed by atoms with van der Waals surface area (Å²) < 4.78 is 0. The average Bonchev–Trinajstić information content (AvgIpc) is 2.59. The van der Waals surface area contributed by atoms with Gasteiger partial charge in [0.15, 0.2) is 0 Å². The van der Waals surface area contributed by atoms with Crippen LogP contribution in [0.1, 0.15) is 52.4 Å². The van der Waals surface area contributed by atoms with Crippen LogP contribution < -0.4 is 5.32 Å². The topological polar surface area (TPSA) is 49.4 Å². The van der Waals surface area contributed by atoms with Gasteiger partial charge in [-0.3, -0.25) is 9.59 Å². The molecule has 1 fully saturated rings. The predicted octanol–water partition coefficient (Wildman–Crippen LogP) is 2.25. The minimum atomic E-state index is 0.00374. The molecule has 0 aromatic heterocycles. The fraction of sp³-hybridized carbons (Fsp3) is 0.733. The van der Waals surface area contributed by atoms with Crippen molar-refractivity contribution in [3.63, 3.8) is 0 Å². The number of rotatable bonds is 6. The summed E-state index contributed by atoms with van der Waals surface area (Å²) in [5, 5.41) is 2.89. The zero-order chi connectivity index (χ0) is 14.1. The highest BCUT2D eigenvalue weighted by molar-refractivity contribution is 5.92. The highest BCUT2D eigenvalue weighted by Gasteiger charge is 2.15. The first kappa shape index (κ1) is 15.7. The largest absolute Gasteiger partial charge is 0.352 e. The minimum absolute atomic E-state index is 0.00374. The van der Waals surface area contributed by atoms with Gasteiger partial charge >= 0.3 is 0 Å². The van der Waals surface area contributed by atoms with Crippen LogP contribution in [0, 0.1) is 0 Å². The third-order valence-electron chi connectivity index (χ3n) is 3.43. The van der Waals surface area contributed by atoms with Gasteiger partial charge in [0.1, 0.15) is 0 Å². The molecule has 1 saturated heterocycles. The van der Waals surface area contributed by atoms with Gasteiger partial charge in [0, 0.05) is 31.6 Å². The molecule has 108 valence electrons. The Morgan fingerprint density at radius 1 is 1.37 bits per heavy atom. The molecule has 4 nitrogen and oxygen atoms in total. The minimum Gasteiger partial charge on any atom is -0.352 e. The van der Waals surface area contributed by atoms with Gasteiger partial charge in [0.05, 0.1) is 0 Å². The lowest BCUT2D eigenvalue weighted by Crippen LogP contribution is -2.34. The molecule has 2 amide bonds. The molecule has 1 heterocycles. The van der Waals surface area contributed by atoms with E-state index in [2.05, 4.69) is 5.32 Å². The number of carbonyl (C=O) groups is 2. The number of hydrogen-bond acceptors (Lipinski definition) is 2. The van der Waals surface area contributed by atoms with Crippen molar-refractivity contribution in [2.24, 2.45) is 0 Å². The van der Waals surface area contributed by atoms with Crippen molar-refractivity contribution in [1.29, 1.82) is 0 Å². The van der Waals surface area contributed by atoms with Crippen LogP contribution in [-0.4, -0.2) is 36.3 Å². The molecule has 0 aromatic rings. The van der Waals surface area contributed by atoms with Crippen molar-refractivity contribution in [2.75, 3.05) is 19.6 Å². The van der Waals surface area contributed by atoms with Crippen LogP contribution in [0.3, 0.4) is 0 Å². The first-order valence-electron chi connectivity index (χ1n) is 7.38. The number of nitrogens with zero attached hydrogens (tertiary/aromatic N) is 1. The standard InChI is InChI=1S/C15H26N2O2/c1-3-8-13(2)15(19)16-10-7-12-17-11-6-4-5-9-14(17)18/h8H,3-7,9-12H2,1-2H3,(H,16,19). The van der Waals surface area contributed by atoms with Gasteiger partial charge in [0.2, 0.25) is 11.8 Å². The van der Waals surface area contributed by atoms with Crippen LogP contribution in [0.5, 0.6) is 0 Å². The van der Waals surface area contributed by atoms with Crippen molar-refractivity contribution >= 4 is 11.8 Å². The predicted molar refractivity (Wildman–Crippen MR) is 76.7 cm³/mol. The monoisotopic (exact) mass is 266 g/mol. The van der Waals surface area contributed by atoms with Crippen molar-refractivity contribution in [2.45, 2.75) is 52.4 Å². The molecule has 0 unspecified atom stereocenters. The second-order valence-corrected chi connectivity index (χ2v) is 5.10. The molecule has 0 aromatic carbocycles. The van der Waals surface area contributed by atoms with E-state index in [1.165, 1.54) is 0 Å². The smallest absolute Gasteiger partial charge is 0.246 e. The molecule has 0 atom stereocenters. The van der Waals surface area contributed by atoms with Crippen LogP contribution in [0.15, 0.2) is 11.6 Å². The maximum Gasteiger partial charge on any atom is 0.246 e. The SMILES string of the molecule is CCC=C(C)C(=O)NCCCN1CCCCCC1=O. The van der Waals surface area contributed by atoms with Crippen molar-refractivity contribution in [3.8, 4) is 0 Å². The van der Waals surface area contributed by atoms with Crippen molar-refractivity contribution in [1.82, 2.24) is 10.2 Å². The number of allylic oxidation sites excluding steroid dienone is 1. The first-order chi connectivity index (χ1) is 9.15. The van der Waals surface area contributed by atoms with Gasteiger partial charge in [-0.25, -0.2) is 0 Å². The molecule has 1 aliphatic rings. The second kappa shape index (κ2) is 8.73. The molecule has 1 N–H and O–H groups in total. The molecule has 1 aliphatic heterocycles. The molecule has 0 aliphatic carbocycles. The Bertz CT molecular complexity index is 337. The number of carbonyl (C=O) groups excluding carboxylic acids is 2. The average molecular weight is 266 g/mol. The molecule has 0 spiro atoms. The molecule has 0 saturated carbocycles. The van der Waals surface area contributed by atoms with E-state index in [-0.39, 0.29) is 11.8 Å². The van der Waals surface area contributed by atoms with Crippen molar-refractivity contribution < 1.29 is 9.59 Å². The van der Waals surface area contributed by atoms with Crippen molar-refractivity contribution in [3.05, 3.63) is 11.6 Å². The van der Waals surface area contributed by atoms with E-state index >= 15 is 0 Å². The lowest BCUT2D eigenvalue weighted by Gasteiger charge is -2.20. The third kappa shape index (κ3) is 5.90. The van der Waals surface area contributed by atoms with Gasteiger partial charge in [-0.05, 0) is 32.6 Å². The van der Waals surface area contributed by atoms with E-state index in [0.29, 0.717) is 13.0 Å². The second-order valence-electron chi connectivity index (χ2n) is 5.10. The maximum atomic E-state index is 11.8. The Labute approximate surface area is 116 Å². The Morgan fingerprint density at radius 2 is 2.16 bits per heavy atom. The van der Waals surface area contributed by atoms with E-state index in [0.717, 1.165) is 50.8 Å². The molecule has 4 heteroatoms. The maximum absolute atomic E-state index is 11.8. The zero-order valence-electron chi connectivity index (χ0n) is 12.2. The summed E-state index contributed by atoms with van der Waals surface area (Å²) in [7, 11) is 0. The molecule has 1 rings (SSSR count). The Kier molecular flexibility index (Phi) is 7.23. The molecule has 0 bridgehead atoms. The molecule has 0 radical (unpaired) electrons. The van der Waals surface area contributed by atoms with E-state index in [1.807, 2.05) is 24.8 Å². The lowest BCUT2D eigenvalue weighted by molar-refractivity contribution is -0.130. The Morgan fingerprint density at radius 3 is 2.89 bits per heavy atom. The van der Waals surface area contributed by atoms with Crippen LogP contribution in [-0.2, 0) is 9.59 Å². The summed E-state index contributed by atoms with van der Waals surface area (Å²) >= 11 is 0. The Hall–Kier alpha value is -1.32. The summed E-state index contributed by atoms with van der Waals surface area (Å²) in [6, 6.07) is 0. The summed E-state index contributed by atoms with van der Waals surface area (Å²) in [4.78, 5) is 25.3. The molecule has 19 heavy (non-hydrogen) atoms. The van der Waals surface area contributed by atoms with Crippen LogP contribution in [0.4, 0.5) is 0 Å². The first-order valence-corrected chi connectivity index (χ1v) is 7.38. The van der Waals surface area contributed by atoms with Gasteiger partial charge in [-0.1, -0.05) is 19.4 Å². The van der Waals surface area contributed by atoms with E-state index < -0.39 is 0 Å². The lowest BCUT2D eigenvalue weighted by atomic mass is 10.2. The van der Waals surface area contributed by atoms with Crippen LogP contribution in [0.25, 0.3) is 0 Å². The molecular formula is C15H26N2O2. The van der Waals surface area contributed by atoms with E-state index in [9.17, 15) is 9.59 Å². The quantitative estimate of drug-likeness (QED) is 0.592. The summed E-state index contributed by atoms with van der Waals surface area (Å²) in [6.07, 6.45) is 7.60. The van der Waals surface area contributed by atoms with Gasteiger partial charge in [0.25, 0.3) is 0 Å². The number of nitrogens with one attached hydrogen (secondary N) is 1. The van der Waals surface area contributed by atoms with Gasteiger partial charge in [-0.2, -0.15) is 0 Å². The molecular weight excluding hydrogens is 240 g/mol. The highest BCUT2D eigenvalue weighted by atomic mass is 16.2. The summed E-state index contributed by atoms with van der Waals surface area (Å²) in [5.41, 5.74) is 0.772. The third-order valence-corrected chi connectivity index (χ3v) is 3.43. The number of likely N-dealkylation sites (tertiary alicyclic amines) is 1. The Balaban J connectivity index is 2.21. The number of amides is 2. The van der Waals surface area contributed by atoms with E-state index in [4.69, 9.17) is 0 Å². The fourth-order valence-electron chi connectivity index (χ4n) is 2.29. The normalized spacial score (nSPS) is 17.3.